The first-order valence-electron chi connectivity index (χ1n) is 19.4. The fourth-order valence-corrected chi connectivity index (χ4v) is 9.75. The molecule has 0 saturated carbocycles. The third-order valence-electron chi connectivity index (χ3n) is 12.2. The third kappa shape index (κ3) is 5.92. The first-order valence-corrected chi connectivity index (χ1v) is 19.4. The number of aryl methyl sites for hydroxylation is 1. The molecular formula is C47H58N2. The van der Waals surface area contributed by atoms with Gasteiger partial charge in [-0.1, -0.05) is 110 Å². The van der Waals surface area contributed by atoms with Crippen LogP contribution in [-0.4, -0.2) is 26.2 Å². The number of nitrogens with zero attached hydrogens (tertiary/aromatic N) is 2. The summed E-state index contributed by atoms with van der Waals surface area (Å²) in [7, 11) is 0. The van der Waals surface area contributed by atoms with E-state index in [1.54, 1.807) is 44.8 Å². The Morgan fingerprint density at radius 1 is 0.673 bits per heavy atom. The van der Waals surface area contributed by atoms with Gasteiger partial charge in [0.2, 0.25) is 0 Å². The molecule has 2 heteroatoms. The summed E-state index contributed by atoms with van der Waals surface area (Å²) in [6.07, 6.45) is 22.6. The maximum atomic E-state index is 2.71. The molecule has 0 fully saturated rings. The van der Waals surface area contributed by atoms with Gasteiger partial charge < -0.3 is 9.80 Å². The summed E-state index contributed by atoms with van der Waals surface area (Å²) in [5, 5.41) is 2.91. The number of allylic oxidation sites excluding steroid dienone is 7. The molecule has 3 aromatic carbocycles. The van der Waals surface area contributed by atoms with Crippen LogP contribution in [0.2, 0.25) is 0 Å². The van der Waals surface area contributed by atoms with Crippen molar-refractivity contribution in [1.29, 1.82) is 0 Å². The summed E-state index contributed by atoms with van der Waals surface area (Å²) >= 11 is 0. The molecule has 0 saturated heterocycles. The second kappa shape index (κ2) is 12.1. The largest absolute Gasteiger partial charge is 0.371 e. The van der Waals surface area contributed by atoms with Crippen LogP contribution < -0.4 is 9.80 Å². The Bertz CT molecular complexity index is 1950. The highest BCUT2D eigenvalue weighted by atomic mass is 15.2. The topological polar surface area (TPSA) is 6.48 Å². The molecule has 0 amide bonds. The normalized spacial score (nSPS) is 22.9. The van der Waals surface area contributed by atoms with E-state index in [0.29, 0.717) is 5.92 Å². The molecule has 49 heavy (non-hydrogen) atoms. The summed E-state index contributed by atoms with van der Waals surface area (Å²) in [6, 6.07) is 10.1. The van der Waals surface area contributed by atoms with E-state index in [-0.39, 0.29) is 10.8 Å². The van der Waals surface area contributed by atoms with E-state index in [9.17, 15) is 0 Å². The summed E-state index contributed by atoms with van der Waals surface area (Å²) < 4.78 is 0. The summed E-state index contributed by atoms with van der Waals surface area (Å²) in [5.74, 6) is 1.43. The Labute approximate surface area is 296 Å². The quantitative estimate of drug-likeness (QED) is 0.260. The van der Waals surface area contributed by atoms with Crippen LogP contribution in [0.25, 0.3) is 22.4 Å². The van der Waals surface area contributed by atoms with Crippen molar-refractivity contribution in [2.24, 2.45) is 17.3 Å². The summed E-state index contributed by atoms with van der Waals surface area (Å²) in [4.78, 5) is 5.41. The molecule has 2 atom stereocenters. The van der Waals surface area contributed by atoms with E-state index in [4.69, 9.17) is 0 Å². The van der Waals surface area contributed by atoms with Crippen molar-refractivity contribution in [1.82, 2.24) is 0 Å². The average Bonchev–Trinajstić information content (AvgIpc) is 3.03. The Kier molecular flexibility index (Phi) is 8.05. The van der Waals surface area contributed by atoms with E-state index in [1.165, 1.54) is 97.7 Å². The van der Waals surface area contributed by atoms with Gasteiger partial charge in [0.1, 0.15) is 0 Å². The number of fused-ring (bicyclic) bond motifs is 4. The van der Waals surface area contributed by atoms with Crippen molar-refractivity contribution in [3.05, 3.63) is 105 Å². The van der Waals surface area contributed by atoms with Crippen molar-refractivity contribution in [2.45, 2.75) is 106 Å². The van der Waals surface area contributed by atoms with Crippen LogP contribution in [0.4, 0.5) is 11.4 Å². The van der Waals surface area contributed by atoms with Gasteiger partial charge in [-0.15, -0.1) is 0 Å². The highest BCUT2D eigenvalue weighted by Gasteiger charge is 2.34. The fourth-order valence-electron chi connectivity index (χ4n) is 9.75. The van der Waals surface area contributed by atoms with Crippen molar-refractivity contribution in [2.75, 3.05) is 36.0 Å². The molecule has 1 aliphatic carbocycles. The van der Waals surface area contributed by atoms with Gasteiger partial charge >= 0.3 is 0 Å². The van der Waals surface area contributed by atoms with Crippen molar-refractivity contribution in [3.8, 4) is 0 Å². The molecule has 0 N–H and O–H groups in total. The minimum absolute atomic E-state index is 0.0986. The Morgan fingerprint density at radius 2 is 1.33 bits per heavy atom. The van der Waals surface area contributed by atoms with Crippen LogP contribution in [0.3, 0.4) is 0 Å². The average molecular weight is 651 g/mol. The molecule has 2 nitrogen and oxygen atoms in total. The van der Waals surface area contributed by atoms with Crippen molar-refractivity contribution in [3.63, 3.8) is 0 Å². The molecule has 8 rings (SSSR count). The van der Waals surface area contributed by atoms with Crippen LogP contribution in [0.5, 0.6) is 0 Å². The molecule has 256 valence electrons. The molecule has 5 aliphatic rings. The molecule has 0 radical (unpaired) electrons. The zero-order valence-corrected chi connectivity index (χ0v) is 31.6. The van der Waals surface area contributed by atoms with E-state index in [0.717, 1.165) is 12.3 Å². The molecule has 3 aromatic rings. The molecule has 4 heterocycles. The summed E-state index contributed by atoms with van der Waals surface area (Å²) in [6.45, 7) is 23.9. The lowest BCUT2D eigenvalue weighted by molar-refractivity contribution is 0.488. The van der Waals surface area contributed by atoms with Crippen molar-refractivity contribution >= 4 is 33.8 Å². The van der Waals surface area contributed by atoms with Crippen molar-refractivity contribution < 1.29 is 0 Å². The summed E-state index contributed by atoms with van der Waals surface area (Å²) in [5.41, 5.74) is 18.6. The third-order valence-corrected chi connectivity index (χ3v) is 12.2. The number of rotatable bonds is 3. The van der Waals surface area contributed by atoms with Gasteiger partial charge in [0.25, 0.3) is 0 Å². The minimum Gasteiger partial charge on any atom is -0.371 e. The molecule has 0 bridgehead atoms. The molecule has 4 aliphatic heterocycles. The second-order valence-electron chi connectivity index (χ2n) is 18.3. The zero-order valence-electron chi connectivity index (χ0n) is 31.6. The van der Waals surface area contributed by atoms with Crippen LogP contribution in [0, 0.1) is 17.3 Å². The van der Waals surface area contributed by atoms with E-state index in [1.807, 2.05) is 0 Å². The Balaban J connectivity index is 1.19. The Hall–Kier alpha value is -3.52. The van der Waals surface area contributed by atoms with Crippen LogP contribution in [-0.2, 0) is 37.5 Å². The molecule has 0 aromatic heterocycles. The van der Waals surface area contributed by atoms with Gasteiger partial charge in [0, 0.05) is 37.6 Å². The lowest BCUT2D eigenvalue weighted by Crippen LogP contribution is -2.39. The van der Waals surface area contributed by atoms with Gasteiger partial charge in [0.05, 0.1) is 0 Å². The SMILES string of the molecule is CC1Cc2cc3c(c4c2N(CCC4)C1)CC(C(C)(C)C)=C\C3=C/C=C/C=C/c1cc(C(C)(C)C)cc2c3c4c(cc12)CC(C)CN4CCC3. The van der Waals surface area contributed by atoms with E-state index < -0.39 is 0 Å². The lowest BCUT2D eigenvalue weighted by Gasteiger charge is -2.42. The molecule has 0 spiro atoms. The van der Waals surface area contributed by atoms with Crippen LogP contribution in [0.1, 0.15) is 113 Å². The number of hydrogen-bond donors (Lipinski definition) is 0. The number of anilines is 2. The van der Waals surface area contributed by atoms with Gasteiger partial charge in [-0.2, -0.15) is 0 Å². The van der Waals surface area contributed by atoms with E-state index >= 15 is 0 Å². The Morgan fingerprint density at radius 3 is 2.00 bits per heavy atom. The molecular weight excluding hydrogens is 593 g/mol. The second-order valence-corrected chi connectivity index (χ2v) is 18.3. The predicted molar refractivity (Wildman–Crippen MR) is 213 cm³/mol. The van der Waals surface area contributed by atoms with Crippen LogP contribution in [0.15, 0.2) is 60.2 Å². The first-order chi connectivity index (χ1) is 23.3. The molecule has 2 unspecified atom stereocenters. The highest BCUT2D eigenvalue weighted by molar-refractivity contribution is 5.98. The predicted octanol–water partition coefficient (Wildman–Crippen LogP) is 11.2. The first kappa shape index (κ1) is 32.7. The van der Waals surface area contributed by atoms with Gasteiger partial charge in [0.15, 0.2) is 0 Å². The minimum atomic E-state index is 0.0986. The van der Waals surface area contributed by atoms with Crippen LogP contribution >= 0.6 is 0 Å². The fraction of sp³-hybridized carbons (Fsp3) is 0.489. The number of hydrogen-bond acceptors (Lipinski definition) is 2. The number of benzene rings is 3. The smallest absolute Gasteiger partial charge is 0.0437 e. The van der Waals surface area contributed by atoms with E-state index in [2.05, 4.69) is 126 Å². The highest BCUT2D eigenvalue weighted by Crippen LogP contribution is 2.47. The maximum Gasteiger partial charge on any atom is 0.0437 e. The maximum absolute atomic E-state index is 2.71. The van der Waals surface area contributed by atoms with Gasteiger partial charge in [-0.3, -0.25) is 0 Å². The standard InChI is InChI=1S/C47H58N2/c1-30-20-34-24-40-32(22-36(46(3,4)5)26-42(40)38-16-12-18-48(28-30)44(34)38)14-10-9-11-15-33-23-37(47(6,7)8)27-43-39-17-13-19-49-29-31(2)21-35(45(39)49)25-41(33)43/h9-11,14-15,22-26,30-31H,12-13,16-21,27-29H2,1-8H3/b11-9+,14-10+,33-15+. The zero-order chi connectivity index (χ0) is 34.2. The van der Waals surface area contributed by atoms with Gasteiger partial charge in [-0.05, 0) is 141 Å². The van der Waals surface area contributed by atoms with Gasteiger partial charge in [-0.25, -0.2) is 0 Å². The monoisotopic (exact) mass is 650 g/mol. The lowest BCUT2D eigenvalue weighted by atomic mass is 9.72.